The maximum absolute atomic E-state index is 12.5. The molecule has 1 atom stereocenters. The predicted octanol–water partition coefficient (Wildman–Crippen LogP) is 3.74. The van der Waals surface area contributed by atoms with Crippen molar-refractivity contribution in [3.05, 3.63) is 54.1 Å². The third-order valence-electron chi connectivity index (χ3n) is 5.13. The third-order valence-corrected chi connectivity index (χ3v) is 6.10. The first-order chi connectivity index (χ1) is 15.7. The second-order valence-electron chi connectivity index (χ2n) is 7.27. The number of carbonyl (C=O) groups is 1. The number of hydrogen-bond donors (Lipinski definition) is 1. The number of carbonyl (C=O) groups excluding carboxylic acids is 1. The van der Waals surface area contributed by atoms with Gasteiger partial charge >= 0.3 is 0 Å². The first-order valence-corrected chi connectivity index (χ1v) is 11.3. The molecule has 8 nitrogen and oxygen atoms in total. The summed E-state index contributed by atoms with van der Waals surface area (Å²) in [7, 11) is 1.63. The van der Waals surface area contributed by atoms with Crippen LogP contribution in [0, 0.1) is 11.3 Å². The molecule has 1 aliphatic heterocycles. The summed E-state index contributed by atoms with van der Waals surface area (Å²) in [4.78, 5) is 12.5. The van der Waals surface area contributed by atoms with Gasteiger partial charge in [0.15, 0.2) is 11.0 Å². The number of ether oxygens (including phenoxy) is 2. The molecule has 1 fully saturated rings. The molecule has 0 bridgehead atoms. The molecule has 2 heterocycles. The van der Waals surface area contributed by atoms with E-state index >= 15 is 0 Å². The lowest BCUT2D eigenvalue weighted by molar-refractivity contribution is -0.113. The average Bonchev–Trinajstić information content (AvgIpc) is 3.48. The van der Waals surface area contributed by atoms with Gasteiger partial charge in [-0.2, -0.15) is 5.26 Å². The van der Waals surface area contributed by atoms with E-state index < -0.39 is 0 Å². The quantitative estimate of drug-likeness (QED) is 0.523. The zero-order valence-corrected chi connectivity index (χ0v) is 18.5. The van der Waals surface area contributed by atoms with Gasteiger partial charge in [0.25, 0.3) is 0 Å². The summed E-state index contributed by atoms with van der Waals surface area (Å²) in [5, 5.41) is 21.4. The fourth-order valence-corrected chi connectivity index (χ4v) is 4.26. The van der Waals surface area contributed by atoms with E-state index in [1.165, 1.54) is 11.8 Å². The number of nitriles is 1. The monoisotopic (exact) mass is 449 g/mol. The average molecular weight is 450 g/mol. The van der Waals surface area contributed by atoms with Crippen LogP contribution < -0.4 is 10.1 Å². The van der Waals surface area contributed by atoms with E-state index in [4.69, 9.17) is 9.47 Å². The van der Waals surface area contributed by atoms with Gasteiger partial charge in [-0.05, 0) is 49.2 Å². The maximum Gasteiger partial charge on any atom is 0.234 e. The molecule has 0 saturated carbocycles. The molecule has 3 aromatic rings. The van der Waals surface area contributed by atoms with Gasteiger partial charge in [-0.15, -0.1) is 10.2 Å². The van der Waals surface area contributed by atoms with Crippen molar-refractivity contribution in [1.29, 1.82) is 5.26 Å². The topological polar surface area (TPSA) is 102 Å². The number of aromatic nitrogens is 3. The lowest BCUT2D eigenvalue weighted by Gasteiger charge is -2.15. The van der Waals surface area contributed by atoms with E-state index in [1.54, 1.807) is 31.4 Å². The predicted molar refractivity (Wildman–Crippen MR) is 121 cm³/mol. The van der Waals surface area contributed by atoms with E-state index in [-0.39, 0.29) is 17.8 Å². The molecule has 1 amide bonds. The van der Waals surface area contributed by atoms with Crippen molar-refractivity contribution in [3.63, 3.8) is 0 Å². The molecule has 0 spiro atoms. The number of para-hydroxylation sites is 1. The Labute approximate surface area is 190 Å². The Kier molecular flexibility index (Phi) is 7.04. The normalized spacial score (nSPS) is 15.3. The fraction of sp³-hybridized carbons (Fsp3) is 0.304. The van der Waals surface area contributed by atoms with Crippen LogP contribution in [0.15, 0.2) is 53.7 Å². The second kappa shape index (κ2) is 10.3. The number of nitrogens with zero attached hydrogens (tertiary/aromatic N) is 4. The molecular weight excluding hydrogens is 426 g/mol. The van der Waals surface area contributed by atoms with Crippen LogP contribution in [0.3, 0.4) is 0 Å². The Hall–Kier alpha value is -3.35. The molecule has 164 valence electrons. The van der Waals surface area contributed by atoms with E-state index in [0.29, 0.717) is 23.0 Å². The first kappa shape index (κ1) is 21.9. The van der Waals surface area contributed by atoms with Crippen LogP contribution in [-0.2, 0) is 16.1 Å². The molecule has 1 aromatic heterocycles. The molecule has 9 heteroatoms. The summed E-state index contributed by atoms with van der Waals surface area (Å²) < 4.78 is 13.1. The largest absolute Gasteiger partial charge is 0.497 e. The summed E-state index contributed by atoms with van der Waals surface area (Å²) in [5.74, 6) is 1.42. The van der Waals surface area contributed by atoms with Crippen molar-refractivity contribution < 1.29 is 14.3 Å². The molecule has 1 aliphatic rings. The molecule has 0 radical (unpaired) electrons. The van der Waals surface area contributed by atoms with Gasteiger partial charge in [0.1, 0.15) is 11.8 Å². The van der Waals surface area contributed by atoms with Crippen LogP contribution in [0.4, 0.5) is 5.69 Å². The van der Waals surface area contributed by atoms with E-state index in [0.717, 1.165) is 36.6 Å². The number of nitrogens with one attached hydrogen (secondary N) is 1. The minimum Gasteiger partial charge on any atom is -0.497 e. The van der Waals surface area contributed by atoms with Gasteiger partial charge in [0.05, 0.1) is 36.8 Å². The smallest absolute Gasteiger partial charge is 0.234 e. The molecule has 2 aromatic carbocycles. The minimum atomic E-state index is -0.213. The highest BCUT2D eigenvalue weighted by molar-refractivity contribution is 7.99. The standard InChI is InChI=1S/C23H23N5O3S/c1-30-18-10-8-16(9-11-18)22-26-27-23(28(22)14-19-6-4-12-31-19)32-15-21(29)25-20-7-3-2-5-17(20)13-24/h2-3,5,7-11,19H,4,6,12,14-15H2,1H3,(H,25,29). The third kappa shape index (κ3) is 5.10. The summed E-state index contributed by atoms with van der Waals surface area (Å²) in [6.45, 7) is 1.38. The molecule has 1 saturated heterocycles. The Bertz CT molecular complexity index is 1120. The highest BCUT2D eigenvalue weighted by atomic mass is 32.2. The molecule has 32 heavy (non-hydrogen) atoms. The van der Waals surface area contributed by atoms with Crippen LogP contribution in [0.5, 0.6) is 5.75 Å². The van der Waals surface area contributed by atoms with Gasteiger partial charge in [0, 0.05) is 12.2 Å². The van der Waals surface area contributed by atoms with Gasteiger partial charge in [-0.1, -0.05) is 23.9 Å². The Morgan fingerprint density at radius 3 is 2.81 bits per heavy atom. The fourth-order valence-electron chi connectivity index (χ4n) is 3.51. The molecule has 1 N–H and O–H groups in total. The van der Waals surface area contributed by atoms with Crippen molar-refractivity contribution >= 4 is 23.4 Å². The first-order valence-electron chi connectivity index (χ1n) is 10.3. The van der Waals surface area contributed by atoms with Crippen molar-refractivity contribution in [3.8, 4) is 23.2 Å². The number of hydrogen-bond acceptors (Lipinski definition) is 7. The number of methoxy groups -OCH3 is 1. The van der Waals surface area contributed by atoms with Gasteiger partial charge in [-0.25, -0.2) is 0 Å². The van der Waals surface area contributed by atoms with Crippen LogP contribution in [-0.4, -0.2) is 46.2 Å². The van der Waals surface area contributed by atoms with Crippen LogP contribution >= 0.6 is 11.8 Å². The van der Waals surface area contributed by atoms with Gasteiger partial charge in [0.2, 0.25) is 5.91 Å². The number of benzene rings is 2. The van der Waals surface area contributed by atoms with Crippen LogP contribution in [0.2, 0.25) is 0 Å². The van der Waals surface area contributed by atoms with Crippen LogP contribution in [0.25, 0.3) is 11.4 Å². The zero-order valence-electron chi connectivity index (χ0n) is 17.7. The van der Waals surface area contributed by atoms with Gasteiger partial charge < -0.3 is 14.8 Å². The zero-order chi connectivity index (χ0) is 22.3. The van der Waals surface area contributed by atoms with Gasteiger partial charge in [-0.3, -0.25) is 9.36 Å². The number of amides is 1. The van der Waals surface area contributed by atoms with Crippen molar-refractivity contribution in [2.75, 3.05) is 24.8 Å². The minimum absolute atomic E-state index is 0.0960. The molecule has 4 rings (SSSR count). The highest BCUT2D eigenvalue weighted by Gasteiger charge is 2.22. The Morgan fingerprint density at radius 2 is 2.09 bits per heavy atom. The number of rotatable bonds is 8. The Balaban J connectivity index is 1.51. The van der Waals surface area contributed by atoms with E-state index in [1.807, 2.05) is 28.8 Å². The van der Waals surface area contributed by atoms with Crippen molar-refractivity contribution in [2.24, 2.45) is 0 Å². The van der Waals surface area contributed by atoms with E-state index in [2.05, 4.69) is 21.6 Å². The van der Waals surface area contributed by atoms with Crippen molar-refractivity contribution in [1.82, 2.24) is 14.8 Å². The summed E-state index contributed by atoms with van der Waals surface area (Å²) in [5.41, 5.74) is 1.84. The van der Waals surface area contributed by atoms with Crippen molar-refractivity contribution in [2.45, 2.75) is 30.6 Å². The molecule has 1 unspecified atom stereocenters. The number of thioether (sulfide) groups is 1. The summed E-state index contributed by atoms with van der Waals surface area (Å²) >= 11 is 1.31. The SMILES string of the molecule is COc1ccc(-c2nnc(SCC(=O)Nc3ccccc3C#N)n2CC2CCCO2)cc1. The number of anilines is 1. The van der Waals surface area contributed by atoms with Crippen LogP contribution in [0.1, 0.15) is 18.4 Å². The lowest BCUT2D eigenvalue weighted by atomic mass is 10.2. The Morgan fingerprint density at radius 1 is 1.28 bits per heavy atom. The lowest BCUT2D eigenvalue weighted by Crippen LogP contribution is -2.18. The highest BCUT2D eigenvalue weighted by Crippen LogP contribution is 2.28. The summed E-state index contributed by atoms with van der Waals surface area (Å²) in [6.07, 6.45) is 2.11. The summed E-state index contributed by atoms with van der Waals surface area (Å²) in [6, 6.07) is 16.6. The molecular formula is C23H23N5O3S. The van der Waals surface area contributed by atoms with E-state index in [9.17, 15) is 10.1 Å². The maximum atomic E-state index is 12.5. The second-order valence-corrected chi connectivity index (χ2v) is 8.22. The molecule has 0 aliphatic carbocycles.